The molecule has 0 aromatic heterocycles. The summed E-state index contributed by atoms with van der Waals surface area (Å²) in [7, 11) is 1.57. The lowest BCUT2D eigenvalue weighted by atomic mass is 10.2. The fourth-order valence-electron chi connectivity index (χ4n) is 2.17. The van der Waals surface area contributed by atoms with Gasteiger partial charge in [0.15, 0.2) is 5.70 Å². The lowest BCUT2D eigenvalue weighted by molar-refractivity contribution is -0.130. The molecule has 0 radical (unpaired) electrons. The van der Waals surface area contributed by atoms with Crippen LogP contribution in [0.2, 0.25) is 0 Å². The van der Waals surface area contributed by atoms with Crippen LogP contribution in [0.15, 0.2) is 76.4 Å². The number of hydrogen-bond acceptors (Lipinski definition) is 4. The van der Waals surface area contributed by atoms with Gasteiger partial charge >= 0.3 is 5.97 Å². The Morgan fingerprint density at radius 1 is 1.17 bits per heavy atom. The summed E-state index contributed by atoms with van der Waals surface area (Å²) in [5, 5.41) is 0.392. The normalized spacial score (nSPS) is 16.1. The minimum absolute atomic E-state index is 0.157. The Morgan fingerprint density at radius 2 is 1.96 bits per heavy atom. The lowest BCUT2D eigenvalue weighted by Gasteiger charge is -2.02. The van der Waals surface area contributed by atoms with E-state index >= 15 is 0 Å². The van der Waals surface area contributed by atoms with Gasteiger partial charge in [-0.25, -0.2) is 9.79 Å². The van der Waals surface area contributed by atoms with Crippen LogP contribution >= 0.6 is 11.6 Å². The van der Waals surface area contributed by atoms with Crippen LogP contribution in [0.1, 0.15) is 11.1 Å². The first-order valence-corrected chi connectivity index (χ1v) is 7.63. The Bertz CT molecular complexity index is 854. The minimum atomic E-state index is -0.535. The summed E-state index contributed by atoms with van der Waals surface area (Å²) in [6.07, 6.45) is 3.24. The number of carbonyl (C=O) groups excluding carboxylic acids is 1. The smallest absolute Gasteiger partial charge is 0.363 e. The van der Waals surface area contributed by atoms with Crippen molar-refractivity contribution in [2.45, 2.75) is 0 Å². The van der Waals surface area contributed by atoms with Crippen LogP contribution in [0.4, 0.5) is 0 Å². The number of aliphatic imine (C=N–C) groups is 1. The Labute approximate surface area is 144 Å². The number of allylic oxidation sites excluding steroid dienone is 2. The zero-order chi connectivity index (χ0) is 16.9. The molecule has 1 heterocycles. The molecule has 2 aromatic rings. The summed E-state index contributed by atoms with van der Waals surface area (Å²) in [6.45, 7) is 0. The highest BCUT2D eigenvalue weighted by Crippen LogP contribution is 2.22. The molecule has 0 saturated carbocycles. The molecule has 0 aliphatic carbocycles. The van der Waals surface area contributed by atoms with E-state index in [1.807, 2.05) is 30.3 Å². The van der Waals surface area contributed by atoms with Crippen molar-refractivity contribution < 1.29 is 14.3 Å². The SMILES string of the molecule is COc1cccc(C2=NC(=CC(Cl)=Cc3ccccc3)C(=O)O2)c1. The van der Waals surface area contributed by atoms with Crippen molar-refractivity contribution in [3.63, 3.8) is 0 Å². The number of esters is 1. The molecule has 3 rings (SSSR count). The molecule has 5 heteroatoms. The van der Waals surface area contributed by atoms with Crippen molar-refractivity contribution in [3.05, 3.63) is 82.5 Å². The van der Waals surface area contributed by atoms with Crippen LogP contribution in [0, 0.1) is 0 Å². The second kappa shape index (κ2) is 7.15. The van der Waals surface area contributed by atoms with Gasteiger partial charge in [0.25, 0.3) is 0 Å². The maximum absolute atomic E-state index is 12.0. The highest BCUT2D eigenvalue weighted by molar-refractivity contribution is 6.33. The average molecular weight is 340 g/mol. The first kappa shape index (κ1) is 16.0. The summed E-state index contributed by atoms with van der Waals surface area (Å²) in [6, 6.07) is 16.7. The highest BCUT2D eigenvalue weighted by Gasteiger charge is 2.24. The lowest BCUT2D eigenvalue weighted by Crippen LogP contribution is -2.05. The van der Waals surface area contributed by atoms with Crippen LogP contribution in [-0.4, -0.2) is 19.0 Å². The second-order valence-electron chi connectivity index (χ2n) is 5.01. The van der Waals surface area contributed by atoms with Gasteiger partial charge in [-0.05, 0) is 35.9 Å². The number of nitrogens with zero attached hydrogens (tertiary/aromatic N) is 1. The van der Waals surface area contributed by atoms with Crippen LogP contribution in [-0.2, 0) is 9.53 Å². The van der Waals surface area contributed by atoms with E-state index < -0.39 is 5.97 Å². The van der Waals surface area contributed by atoms with Crippen molar-refractivity contribution in [2.24, 2.45) is 4.99 Å². The number of benzene rings is 2. The largest absolute Gasteiger partial charge is 0.497 e. The van der Waals surface area contributed by atoms with Crippen LogP contribution < -0.4 is 4.74 Å². The zero-order valence-corrected chi connectivity index (χ0v) is 13.7. The van der Waals surface area contributed by atoms with Crippen molar-refractivity contribution in [3.8, 4) is 5.75 Å². The first-order valence-electron chi connectivity index (χ1n) is 7.25. The van der Waals surface area contributed by atoms with E-state index in [1.165, 1.54) is 6.08 Å². The molecule has 0 bridgehead atoms. The number of hydrogen-bond donors (Lipinski definition) is 0. The van der Waals surface area contributed by atoms with Crippen molar-refractivity contribution in [1.82, 2.24) is 0 Å². The summed E-state index contributed by atoms with van der Waals surface area (Å²) in [5.74, 6) is 0.354. The number of halogens is 1. The third-order valence-electron chi connectivity index (χ3n) is 3.32. The van der Waals surface area contributed by atoms with Crippen molar-refractivity contribution in [2.75, 3.05) is 7.11 Å². The Morgan fingerprint density at radius 3 is 2.71 bits per heavy atom. The van der Waals surface area contributed by atoms with Crippen LogP contribution in [0.3, 0.4) is 0 Å². The van der Waals surface area contributed by atoms with Gasteiger partial charge in [0, 0.05) is 10.6 Å². The number of ether oxygens (including phenoxy) is 2. The molecule has 24 heavy (non-hydrogen) atoms. The molecule has 0 fully saturated rings. The predicted octanol–water partition coefficient (Wildman–Crippen LogP) is 4.16. The monoisotopic (exact) mass is 339 g/mol. The second-order valence-corrected chi connectivity index (χ2v) is 5.44. The molecule has 1 aliphatic heterocycles. The zero-order valence-electron chi connectivity index (χ0n) is 12.9. The molecule has 4 nitrogen and oxygen atoms in total. The summed E-state index contributed by atoms with van der Waals surface area (Å²) >= 11 is 6.19. The van der Waals surface area contributed by atoms with Crippen LogP contribution in [0.25, 0.3) is 6.08 Å². The maximum Gasteiger partial charge on any atom is 0.363 e. The van der Waals surface area contributed by atoms with E-state index in [0.717, 1.165) is 5.56 Å². The van der Waals surface area contributed by atoms with E-state index in [9.17, 15) is 4.79 Å². The molecule has 120 valence electrons. The maximum atomic E-state index is 12.0. The Kier molecular flexibility index (Phi) is 4.77. The Balaban J connectivity index is 1.87. The highest BCUT2D eigenvalue weighted by atomic mass is 35.5. The number of carbonyl (C=O) groups is 1. The molecule has 0 N–H and O–H groups in total. The molecule has 0 spiro atoms. The predicted molar refractivity (Wildman–Crippen MR) is 94.0 cm³/mol. The molecule has 0 amide bonds. The Hall–Kier alpha value is -2.85. The molecular formula is C19H14ClNO3. The molecule has 0 unspecified atom stereocenters. The van der Waals surface area contributed by atoms with Crippen LogP contribution in [0.5, 0.6) is 5.75 Å². The summed E-state index contributed by atoms with van der Waals surface area (Å²) < 4.78 is 10.4. The quantitative estimate of drug-likeness (QED) is 0.620. The van der Waals surface area contributed by atoms with E-state index in [0.29, 0.717) is 16.3 Å². The van der Waals surface area contributed by atoms with Gasteiger partial charge in [-0.3, -0.25) is 0 Å². The van der Waals surface area contributed by atoms with Gasteiger partial charge in [0.05, 0.1) is 7.11 Å². The van der Waals surface area contributed by atoms with E-state index in [1.54, 1.807) is 37.5 Å². The van der Waals surface area contributed by atoms with Gasteiger partial charge in [-0.15, -0.1) is 0 Å². The van der Waals surface area contributed by atoms with Gasteiger partial charge < -0.3 is 9.47 Å². The summed E-state index contributed by atoms with van der Waals surface area (Å²) in [5.41, 5.74) is 1.75. The van der Waals surface area contributed by atoms with Crippen molar-refractivity contribution in [1.29, 1.82) is 0 Å². The standard InChI is InChI=1S/C19H14ClNO3/c1-23-16-9-5-8-14(11-16)18-21-17(19(22)24-18)12-15(20)10-13-6-3-2-4-7-13/h2-12H,1H3. The molecular weight excluding hydrogens is 326 g/mol. The number of rotatable bonds is 4. The number of methoxy groups -OCH3 is 1. The van der Waals surface area contributed by atoms with Gasteiger partial charge in [-0.2, -0.15) is 0 Å². The third kappa shape index (κ3) is 3.73. The molecule has 1 aliphatic rings. The van der Waals surface area contributed by atoms with E-state index in [4.69, 9.17) is 21.1 Å². The van der Waals surface area contributed by atoms with E-state index in [-0.39, 0.29) is 11.6 Å². The first-order chi connectivity index (χ1) is 11.7. The average Bonchev–Trinajstić information content (AvgIpc) is 2.96. The van der Waals surface area contributed by atoms with Crippen molar-refractivity contribution >= 4 is 29.5 Å². The summed E-state index contributed by atoms with van der Waals surface area (Å²) in [4.78, 5) is 16.2. The van der Waals surface area contributed by atoms with Gasteiger partial charge in [0.1, 0.15) is 5.75 Å². The molecule has 2 aromatic carbocycles. The topological polar surface area (TPSA) is 47.9 Å². The fraction of sp³-hybridized carbons (Fsp3) is 0.0526. The minimum Gasteiger partial charge on any atom is -0.497 e. The van der Waals surface area contributed by atoms with Gasteiger partial charge in [-0.1, -0.05) is 48.0 Å². The van der Waals surface area contributed by atoms with Gasteiger partial charge in [0.2, 0.25) is 5.90 Å². The number of cyclic esters (lactones) is 1. The molecule has 0 saturated heterocycles. The molecule has 0 atom stereocenters. The fourth-order valence-corrected chi connectivity index (χ4v) is 2.40. The van der Waals surface area contributed by atoms with E-state index in [2.05, 4.69) is 4.99 Å². The third-order valence-corrected chi connectivity index (χ3v) is 3.53.